The number of benzene rings is 1. The van der Waals surface area contributed by atoms with Crippen molar-refractivity contribution in [2.24, 2.45) is 0 Å². The number of ether oxygens (including phenoxy) is 1. The summed E-state index contributed by atoms with van der Waals surface area (Å²) in [6.07, 6.45) is -1.56. The number of hydrogen-bond donors (Lipinski definition) is 2. The molecule has 0 aliphatic rings. The second-order valence-corrected chi connectivity index (χ2v) is 5.34. The fourth-order valence-corrected chi connectivity index (χ4v) is 2.66. The molecule has 1 heterocycles. The number of hydrogen-bond acceptors (Lipinski definition) is 5. The first-order valence-corrected chi connectivity index (χ1v) is 6.39. The molecule has 0 amide bonds. The normalized spacial score (nSPS) is 11.0. The molecule has 0 fully saturated rings. The molecule has 4 nitrogen and oxygen atoms in total. The van der Waals surface area contributed by atoms with E-state index in [-0.39, 0.29) is 0 Å². The largest absolute Gasteiger partial charge is 0.496 e. The van der Waals surface area contributed by atoms with Crippen LogP contribution in [-0.2, 0) is 0 Å². The van der Waals surface area contributed by atoms with E-state index in [1.54, 1.807) is 32.2 Å². The SMILES string of the molecule is COc1ccc(Cl)cc1-c1nc(C)sc1C(O)O. The minimum Gasteiger partial charge on any atom is -0.496 e. The maximum Gasteiger partial charge on any atom is 0.190 e. The monoisotopic (exact) mass is 285 g/mol. The third-order valence-electron chi connectivity index (χ3n) is 2.41. The van der Waals surface area contributed by atoms with Gasteiger partial charge >= 0.3 is 0 Å². The predicted octanol–water partition coefficient (Wildman–Crippen LogP) is 2.76. The van der Waals surface area contributed by atoms with E-state index in [2.05, 4.69) is 4.98 Å². The van der Waals surface area contributed by atoms with Gasteiger partial charge in [-0.05, 0) is 25.1 Å². The van der Waals surface area contributed by atoms with Crippen molar-refractivity contribution in [3.8, 4) is 17.0 Å². The van der Waals surface area contributed by atoms with E-state index in [9.17, 15) is 10.2 Å². The number of aliphatic hydroxyl groups is 2. The lowest BCUT2D eigenvalue weighted by atomic mass is 10.1. The summed E-state index contributed by atoms with van der Waals surface area (Å²) in [7, 11) is 1.54. The van der Waals surface area contributed by atoms with Crippen molar-refractivity contribution in [2.45, 2.75) is 13.2 Å². The van der Waals surface area contributed by atoms with Crippen molar-refractivity contribution in [1.82, 2.24) is 4.98 Å². The van der Waals surface area contributed by atoms with Gasteiger partial charge < -0.3 is 14.9 Å². The summed E-state index contributed by atoms with van der Waals surface area (Å²) < 4.78 is 5.24. The molecule has 0 atom stereocenters. The van der Waals surface area contributed by atoms with Gasteiger partial charge in [-0.1, -0.05) is 11.6 Å². The molecule has 6 heteroatoms. The van der Waals surface area contributed by atoms with E-state index in [0.29, 0.717) is 26.9 Å². The molecular weight excluding hydrogens is 274 g/mol. The Labute approximate surface area is 113 Å². The Morgan fingerprint density at radius 3 is 2.72 bits per heavy atom. The van der Waals surface area contributed by atoms with E-state index in [4.69, 9.17) is 16.3 Å². The highest BCUT2D eigenvalue weighted by molar-refractivity contribution is 7.12. The Balaban J connectivity index is 2.64. The van der Waals surface area contributed by atoms with Gasteiger partial charge in [0.15, 0.2) is 6.29 Å². The maximum absolute atomic E-state index is 9.36. The van der Waals surface area contributed by atoms with Crippen LogP contribution in [0.1, 0.15) is 16.2 Å². The number of aryl methyl sites for hydroxylation is 1. The summed E-state index contributed by atoms with van der Waals surface area (Å²) in [5.41, 5.74) is 1.14. The Bertz CT molecular complexity index is 568. The molecule has 0 saturated heterocycles. The molecule has 1 aromatic heterocycles. The molecule has 0 aliphatic carbocycles. The zero-order valence-electron chi connectivity index (χ0n) is 9.85. The second-order valence-electron chi connectivity index (χ2n) is 3.66. The van der Waals surface area contributed by atoms with Crippen LogP contribution in [0.3, 0.4) is 0 Å². The highest BCUT2D eigenvalue weighted by Gasteiger charge is 2.19. The molecule has 2 rings (SSSR count). The van der Waals surface area contributed by atoms with Gasteiger partial charge in [-0.25, -0.2) is 4.98 Å². The number of rotatable bonds is 3. The average Bonchev–Trinajstić information content (AvgIpc) is 2.71. The minimum atomic E-state index is -1.56. The van der Waals surface area contributed by atoms with Crippen LogP contribution >= 0.6 is 22.9 Å². The van der Waals surface area contributed by atoms with Gasteiger partial charge in [0, 0.05) is 10.6 Å². The first-order chi connectivity index (χ1) is 8.52. The lowest BCUT2D eigenvalue weighted by Crippen LogP contribution is -1.96. The van der Waals surface area contributed by atoms with Crippen LogP contribution in [0.5, 0.6) is 5.75 Å². The Kier molecular flexibility index (Phi) is 3.87. The molecule has 0 aliphatic heterocycles. The van der Waals surface area contributed by atoms with Gasteiger partial charge in [-0.3, -0.25) is 0 Å². The van der Waals surface area contributed by atoms with E-state index in [1.807, 2.05) is 0 Å². The second kappa shape index (κ2) is 5.24. The summed E-state index contributed by atoms with van der Waals surface area (Å²) in [6, 6.07) is 5.12. The molecule has 0 radical (unpaired) electrons. The summed E-state index contributed by atoms with van der Waals surface area (Å²) in [5.74, 6) is 0.589. The van der Waals surface area contributed by atoms with Crippen LogP contribution in [0.25, 0.3) is 11.3 Å². The van der Waals surface area contributed by atoms with Gasteiger partial charge in [-0.2, -0.15) is 0 Å². The van der Waals surface area contributed by atoms with Crippen molar-refractivity contribution in [3.05, 3.63) is 33.1 Å². The van der Waals surface area contributed by atoms with Gasteiger partial charge in [0.05, 0.1) is 22.7 Å². The highest BCUT2D eigenvalue weighted by Crippen LogP contribution is 2.38. The molecule has 0 bridgehead atoms. The number of aliphatic hydroxyl groups excluding tert-OH is 1. The third-order valence-corrected chi connectivity index (χ3v) is 3.66. The quantitative estimate of drug-likeness (QED) is 0.851. The van der Waals surface area contributed by atoms with Gasteiger partial charge in [0.25, 0.3) is 0 Å². The standard InChI is InChI=1S/C12H12ClNO3S/c1-6-14-10(11(18-6)12(15)16)8-5-7(13)3-4-9(8)17-2/h3-5,12,15-16H,1-2H3. The topological polar surface area (TPSA) is 62.6 Å². The Hall–Kier alpha value is -1.14. The van der Waals surface area contributed by atoms with Crippen LogP contribution in [-0.4, -0.2) is 22.3 Å². The van der Waals surface area contributed by atoms with Crippen molar-refractivity contribution in [1.29, 1.82) is 0 Å². The number of halogens is 1. The number of nitrogens with zero attached hydrogens (tertiary/aromatic N) is 1. The van der Waals surface area contributed by atoms with Crippen molar-refractivity contribution in [2.75, 3.05) is 7.11 Å². The fourth-order valence-electron chi connectivity index (χ4n) is 1.68. The zero-order chi connectivity index (χ0) is 13.3. The van der Waals surface area contributed by atoms with Crippen LogP contribution in [0.15, 0.2) is 18.2 Å². The Morgan fingerprint density at radius 1 is 1.39 bits per heavy atom. The van der Waals surface area contributed by atoms with E-state index < -0.39 is 6.29 Å². The Morgan fingerprint density at radius 2 is 2.11 bits per heavy atom. The lowest BCUT2D eigenvalue weighted by Gasteiger charge is -2.09. The summed E-state index contributed by atoms with van der Waals surface area (Å²) in [6.45, 7) is 1.80. The van der Waals surface area contributed by atoms with E-state index >= 15 is 0 Å². The van der Waals surface area contributed by atoms with Crippen LogP contribution in [0.4, 0.5) is 0 Å². The summed E-state index contributed by atoms with van der Waals surface area (Å²) in [5, 5.41) is 20.0. The summed E-state index contributed by atoms with van der Waals surface area (Å²) in [4.78, 5) is 4.69. The van der Waals surface area contributed by atoms with Gasteiger partial charge in [0.2, 0.25) is 0 Å². The molecule has 0 saturated carbocycles. The maximum atomic E-state index is 9.36. The lowest BCUT2D eigenvalue weighted by molar-refractivity contribution is -0.0392. The molecule has 96 valence electrons. The van der Waals surface area contributed by atoms with E-state index in [0.717, 1.165) is 5.01 Å². The average molecular weight is 286 g/mol. The zero-order valence-corrected chi connectivity index (χ0v) is 11.4. The summed E-state index contributed by atoms with van der Waals surface area (Å²) >= 11 is 7.19. The predicted molar refractivity (Wildman–Crippen MR) is 71.0 cm³/mol. The smallest absolute Gasteiger partial charge is 0.190 e. The van der Waals surface area contributed by atoms with Gasteiger partial charge in [-0.15, -0.1) is 11.3 Å². The minimum absolute atomic E-state index is 0.382. The first-order valence-electron chi connectivity index (χ1n) is 5.20. The molecular formula is C12H12ClNO3S. The van der Waals surface area contributed by atoms with Crippen LogP contribution in [0, 0.1) is 6.92 Å². The molecule has 2 aromatic rings. The van der Waals surface area contributed by atoms with Crippen molar-refractivity contribution < 1.29 is 14.9 Å². The molecule has 2 N–H and O–H groups in total. The van der Waals surface area contributed by atoms with Crippen LogP contribution < -0.4 is 4.74 Å². The number of thiazole rings is 1. The first kappa shape index (κ1) is 13.3. The van der Waals surface area contributed by atoms with Gasteiger partial charge in [0.1, 0.15) is 5.75 Å². The van der Waals surface area contributed by atoms with Crippen LogP contribution in [0.2, 0.25) is 5.02 Å². The molecule has 18 heavy (non-hydrogen) atoms. The highest BCUT2D eigenvalue weighted by atomic mass is 35.5. The molecule has 0 spiro atoms. The van der Waals surface area contributed by atoms with Crippen molar-refractivity contribution >= 4 is 22.9 Å². The molecule has 1 aromatic carbocycles. The fraction of sp³-hybridized carbons (Fsp3) is 0.250. The number of methoxy groups -OCH3 is 1. The number of aromatic nitrogens is 1. The van der Waals surface area contributed by atoms with E-state index in [1.165, 1.54) is 11.3 Å². The third kappa shape index (κ3) is 2.49. The van der Waals surface area contributed by atoms with Crippen molar-refractivity contribution in [3.63, 3.8) is 0 Å². The molecule has 0 unspecified atom stereocenters.